The molecule has 1 aliphatic carbocycles. The predicted molar refractivity (Wildman–Crippen MR) is 152 cm³/mol. The predicted octanol–water partition coefficient (Wildman–Crippen LogP) is 5.80. The minimum atomic E-state index is -0.724. The van der Waals surface area contributed by atoms with E-state index in [-0.39, 0.29) is 23.9 Å². The fourth-order valence-electron chi connectivity index (χ4n) is 7.74. The van der Waals surface area contributed by atoms with Crippen molar-refractivity contribution in [3.05, 3.63) is 144 Å². The van der Waals surface area contributed by atoms with Gasteiger partial charge < -0.3 is 14.8 Å². The van der Waals surface area contributed by atoms with Crippen molar-refractivity contribution in [3.63, 3.8) is 0 Å². The summed E-state index contributed by atoms with van der Waals surface area (Å²) in [6.07, 6.45) is 0.683. The summed E-state index contributed by atoms with van der Waals surface area (Å²) in [5, 5.41) is 3.84. The van der Waals surface area contributed by atoms with Crippen LogP contribution in [0.5, 0.6) is 0 Å². The smallest absolute Gasteiger partial charge is 0.338 e. The number of benzene rings is 4. The number of fused-ring (bicyclic) bond motifs is 5. The molecule has 1 saturated carbocycles. The first-order valence-corrected chi connectivity index (χ1v) is 14.1. The fraction of sp³-hybridized carbons (Fsp3) is 0.257. The molecule has 3 aliphatic rings. The molecule has 4 aromatic rings. The van der Waals surface area contributed by atoms with Crippen molar-refractivity contribution < 1.29 is 19.1 Å². The molecule has 2 bridgehead atoms. The van der Waals surface area contributed by atoms with Crippen LogP contribution in [-0.4, -0.2) is 36.2 Å². The van der Waals surface area contributed by atoms with Gasteiger partial charge in [0.05, 0.1) is 16.5 Å². The first-order valence-electron chi connectivity index (χ1n) is 14.1. The summed E-state index contributed by atoms with van der Waals surface area (Å²) in [4.78, 5) is 27.4. The Morgan fingerprint density at radius 2 is 1.05 bits per heavy atom. The van der Waals surface area contributed by atoms with Crippen LogP contribution in [-0.2, 0) is 14.9 Å². The summed E-state index contributed by atoms with van der Waals surface area (Å²) in [5.74, 6) is -0.758. The molecule has 6 unspecified atom stereocenters. The van der Waals surface area contributed by atoms with Crippen molar-refractivity contribution in [3.8, 4) is 0 Å². The van der Waals surface area contributed by atoms with Gasteiger partial charge in [-0.1, -0.05) is 97.1 Å². The van der Waals surface area contributed by atoms with E-state index in [1.54, 1.807) is 24.3 Å². The van der Waals surface area contributed by atoms with Gasteiger partial charge in [0, 0.05) is 18.0 Å². The number of hydrogen-bond donors (Lipinski definition) is 1. The Hall–Kier alpha value is -4.22. The Bertz CT molecular complexity index is 1450. The quantitative estimate of drug-likeness (QED) is 0.320. The Labute approximate surface area is 234 Å². The fourth-order valence-corrected chi connectivity index (χ4v) is 7.74. The van der Waals surface area contributed by atoms with Crippen molar-refractivity contribution in [2.75, 3.05) is 0 Å². The second-order valence-corrected chi connectivity index (χ2v) is 11.1. The van der Waals surface area contributed by atoms with Crippen LogP contribution in [0.1, 0.15) is 44.7 Å². The molecule has 5 nitrogen and oxygen atoms in total. The van der Waals surface area contributed by atoms with Gasteiger partial charge >= 0.3 is 11.9 Å². The van der Waals surface area contributed by atoms with E-state index in [2.05, 4.69) is 29.6 Å². The van der Waals surface area contributed by atoms with Gasteiger partial charge in [-0.2, -0.15) is 0 Å². The van der Waals surface area contributed by atoms with Crippen LogP contribution in [0.2, 0.25) is 0 Å². The molecule has 1 N–H and O–H groups in total. The van der Waals surface area contributed by atoms with Crippen LogP contribution in [0.25, 0.3) is 0 Å². The minimum absolute atomic E-state index is 0.0135. The zero-order valence-corrected chi connectivity index (χ0v) is 22.1. The lowest BCUT2D eigenvalue weighted by atomic mass is 9.61. The molecule has 200 valence electrons. The Morgan fingerprint density at radius 1 is 0.600 bits per heavy atom. The molecule has 0 radical (unpaired) electrons. The number of carbonyl (C=O) groups excluding carboxylic acids is 2. The van der Waals surface area contributed by atoms with E-state index in [1.807, 2.05) is 72.8 Å². The van der Waals surface area contributed by atoms with E-state index in [4.69, 9.17) is 9.47 Å². The molecule has 2 saturated heterocycles. The monoisotopic (exact) mass is 529 g/mol. The van der Waals surface area contributed by atoms with Crippen LogP contribution in [0.3, 0.4) is 0 Å². The maximum Gasteiger partial charge on any atom is 0.338 e. The molecule has 0 spiro atoms. The second kappa shape index (κ2) is 10.1. The summed E-state index contributed by atoms with van der Waals surface area (Å²) >= 11 is 0. The summed E-state index contributed by atoms with van der Waals surface area (Å²) in [6.45, 7) is 0. The largest absolute Gasteiger partial charge is 0.454 e. The molecule has 4 aromatic carbocycles. The molecular weight excluding hydrogens is 498 g/mol. The lowest BCUT2D eigenvalue weighted by Crippen LogP contribution is -2.51. The minimum Gasteiger partial charge on any atom is -0.454 e. The second-order valence-electron chi connectivity index (χ2n) is 11.1. The molecule has 0 amide bonds. The molecule has 7 rings (SSSR count). The van der Waals surface area contributed by atoms with E-state index in [9.17, 15) is 9.59 Å². The number of rotatable bonds is 6. The topological polar surface area (TPSA) is 64.6 Å². The third-order valence-electron chi connectivity index (χ3n) is 9.18. The van der Waals surface area contributed by atoms with Crippen LogP contribution < -0.4 is 5.32 Å². The van der Waals surface area contributed by atoms with E-state index in [1.165, 1.54) is 0 Å². The molecule has 5 heteroatoms. The van der Waals surface area contributed by atoms with E-state index >= 15 is 0 Å². The third-order valence-corrected chi connectivity index (χ3v) is 9.18. The van der Waals surface area contributed by atoms with Gasteiger partial charge in [-0.25, -0.2) is 9.59 Å². The van der Waals surface area contributed by atoms with Crippen LogP contribution in [0, 0.1) is 11.8 Å². The van der Waals surface area contributed by atoms with E-state index in [0.717, 1.165) is 24.0 Å². The lowest BCUT2D eigenvalue weighted by Gasteiger charge is -2.43. The van der Waals surface area contributed by atoms with Gasteiger partial charge in [0.2, 0.25) is 0 Å². The first-order chi connectivity index (χ1) is 19.7. The van der Waals surface area contributed by atoms with Crippen molar-refractivity contribution in [1.82, 2.24) is 5.32 Å². The average molecular weight is 530 g/mol. The molecule has 2 heterocycles. The third kappa shape index (κ3) is 3.88. The summed E-state index contributed by atoms with van der Waals surface area (Å²) < 4.78 is 13.0. The van der Waals surface area contributed by atoms with Gasteiger partial charge in [0.15, 0.2) is 6.10 Å². The van der Waals surface area contributed by atoms with Crippen molar-refractivity contribution >= 4 is 11.9 Å². The summed E-state index contributed by atoms with van der Waals surface area (Å²) in [6, 6.07) is 39.2. The van der Waals surface area contributed by atoms with Crippen molar-refractivity contribution in [1.29, 1.82) is 0 Å². The van der Waals surface area contributed by atoms with Crippen LogP contribution in [0.15, 0.2) is 121 Å². The first kappa shape index (κ1) is 24.8. The van der Waals surface area contributed by atoms with E-state index in [0.29, 0.717) is 11.1 Å². The van der Waals surface area contributed by atoms with Crippen molar-refractivity contribution in [2.45, 2.75) is 42.5 Å². The Balaban J connectivity index is 1.43. The van der Waals surface area contributed by atoms with Gasteiger partial charge in [0.25, 0.3) is 0 Å². The number of hydrogen-bond acceptors (Lipinski definition) is 5. The zero-order valence-electron chi connectivity index (χ0n) is 22.1. The summed E-state index contributed by atoms with van der Waals surface area (Å²) in [5.41, 5.74) is 2.37. The maximum absolute atomic E-state index is 13.8. The van der Waals surface area contributed by atoms with E-state index < -0.39 is 29.6 Å². The lowest BCUT2D eigenvalue weighted by molar-refractivity contribution is -0.0483. The standard InChI is InChI=1S/C35H31NO4/c37-33(23-13-5-1-6-14-23)39-31-29-27-21-22-28(36-27)30(29)35(25-17-9-3-10-18-25,26-19-11-4-12-20-26)32(31)40-34(38)24-15-7-2-8-16-24/h1-20,27-32,36H,21-22H2. The SMILES string of the molecule is O=C(OC1C2C3CCC(N3)C2C(c2ccccc2)(c2ccccc2)C1OC(=O)c1ccccc1)c1ccccc1. The molecule has 40 heavy (non-hydrogen) atoms. The molecular formula is C35H31NO4. The maximum atomic E-state index is 13.8. The zero-order chi connectivity index (χ0) is 27.1. The molecule has 0 aromatic heterocycles. The summed E-state index contributed by atoms with van der Waals surface area (Å²) in [7, 11) is 0. The average Bonchev–Trinajstić information content (AvgIpc) is 3.71. The normalized spacial score (nSPS) is 27.6. The number of esters is 2. The highest BCUT2D eigenvalue weighted by Gasteiger charge is 2.72. The highest BCUT2D eigenvalue weighted by Crippen LogP contribution is 2.62. The Kier molecular flexibility index (Phi) is 6.24. The number of carbonyl (C=O) groups is 2. The van der Waals surface area contributed by atoms with Crippen LogP contribution >= 0.6 is 0 Å². The van der Waals surface area contributed by atoms with Gasteiger partial charge in [-0.3, -0.25) is 0 Å². The molecule has 3 fully saturated rings. The van der Waals surface area contributed by atoms with Gasteiger partial charge in [-0.15, -0.1) is 0 Å². The van der Waals surface area contributed by atoms with Gasteiger partial charge in [-0.05, 0) is 54.2 Å². The Morgan fingerprint density at radius 3 is 1.57 bits per heavy atom. The highest BCUT2D eigenvalue weighted by atomic mass is 16.6. The van der Waals surface area contributed by atoms with Crippen molar-refractivity contribution in [2.24, 2.45) is 11.8 Å². The number of ether oxygens (including phenoxy) is 2. The molecule has 6 atom stereocenters. The van der Waals surface area contributed by atoms with Gasteiger partial charge in [0.1, 0.15) is 6.10 Å². The highest BCUT2D eigenvalue weighted by molar-refractivity contribution is 5.90. The molecule has 2 aliphatic heterocycles. The van der Waals surface area contributed by atoms with Crippen LogP contribution in [0.4, 0.5) is 0 Å². The number of nitrogens with one attached hydrogen (secondary N) is 1.